The quantitative estimate of drug-likeness (QED) is 0.736. The predicted molar refractivity (Wildman–Crippen MR) is 61.8 cm³/mol. The van der Waals surface area contributed by atoms with E-state index in [1.165, 1.54) is 12.1 Å². The zero-order valence-electron chi connectivity index (χ0n) is 7.91. The molecule has 0 aliphatic rings. The minimum Gasteiger partial charge on any atom is -0.326 e. The molecule has 0 aromatic heterocycles. The number of benzene rings is 1. The standard InChI is InChI=1S/C11H14FNS/c12-11-5-4-9(3-1-2-6-14)10(7-11)8-13/h1,3-5,7,14H,2,6,8,13H2. The maximum Gasteiger partial charge on any atom is 0.123 e. The third-order valence-corrected chi connectivity index (χ3v) is 2.18. The number of allylic oxidation sites excluding steroid dienone is 1. The highest BCUT2D eigenvalue weighted by molar-refractivity contribution is 7.80. The third-order valence-electron chi connectivity index (χ3n) is 1.92. The highest BCUT2D eigenvalue weighted by atomic mass is 32.1. The van der Waals surface area contributed by atoms with Crippen LogP contribution in [-0.2, 0) is 6.54 Å². The largest absolute Gasteiger partial charge is 0.326 e. The van der Waals surface area contributed by atoms with Crippen molar-refractivity contribution in [3.63, 3.8) is 0 Å². The highest BCUT2D eigenvalue weighted by Gasteiger charge is 1.98. The van der Waals surface area contributed by atoms with Gasteiger partial charge in [-0.3, -0.25) is 0 Å². The van der Waals surface area contributed by atoms with E-state index in [1.807, 2.05) is 12.2 Å². The Labute approximate surface area is 89.2 Å². The van der Waals surface area contributed by atoms with Crippen LogP contribution in [0.4, 0.5) is 4.39 Å². The second kappa shape index (κ2) is 5.83. The molecule has 0 radical (unpaired) electrons. The van der Waals surface area contributed by atoms with E-state index in [0.29, 0.717) is 6.54 Å². The molecule has 3 heteroatoms. The number of nitrogens with two attached hydrogens (primary N) is 1. The smallest absolute Gasteiger partial charge is 0.123 e. The Kier molecular flexibility index (Phi) is 4.70. The van der Waals surface area contributed by atoms with Gasteiger partial charge in [0.2, 0.25) is 0 Å². The number of hydrogen-bond donors (Lipinski definition) is 2. The number of hydrogen-bond acceptors (Lipinski definition) is 2. The minimum atomic E-state index is -0.239. The van der Waals surface area contributed by atoms with Gasteiger partial charge in [0.25, 0.3) is 0 Å². The van der Waals surface area contributed by atoms with Gasteiger partial charge in [0, 0.05) is 6.54 Å². The Morgan fingerprint density at radius 3 is 2.86 bits per heavy atom. The Hall–Kier alpha value is -0.800. The SMILES string of the molecule is NCc1cc(F)ccc1C=CCCS. The summed E-state index contributed by atoms with van der Waals surface area (Å²) < 4.78 is 12.8. The van der Waals surface area contributed by atoms with Crippen LogP contribution in [0.3, 0.4) is 0 Å². The van der Waals surface area contributed by atoms with Gasteiger partial charge in [-0.05, 0) is 35.4 Å². The molecule has 0 saturated heterocycles. The van der Waals surface area contributed by atoms with Crippen molar-refractivity contribution in [2.24, 2.45) is 5.73 Å². The lowest BCUT2D eigenvalue weighted by molar-refractivity contribution is 0.625. The predicted octanol–water partition coefficient (Wildman–Crippen LogP) is 2.62. The summed E-state index contributed by atoms with van der Waals surface area (Å²) in [5, 5.41) is 0. The van der Waals surface area contributed by atoms with Gasteiger partial charge in [-0.15, -0.1) is 0 Å². The van der Waals surface area contributed by atoms with Crippen molar-refractivity contribution < 1.29 is 4.39 Å². The van der Waals surface area contributed by atoms with Crippen molar-refractivity contribution in [2.45, 2.75) is 13.0 Å². The molecule has 0 spiro atoms. The Bertz CT molecular complexity index is 323. The molecule has 0 bridgehead atoms. The van der Waals surface area contributed by atoms with Gasteiger partial charge in [-0.2, -0.15) is 12.6 Å². The van der Waals surface area contributed by atoms with Gasteiger partial charge in [-0.1, -0.05) is 18.2 Å². The molecule has 0 fully saturated rings. The molecule has 76 valence electrons. The molecule has 0 aliphatic carbocycles. The van der Waals surface area contributed by atoms with Gasteiger partial charge >= 0.3 is 0 Å². The third kappa shape index (κ3) is 3.16. The van der Waals surface area contributed by atoms with Crippen LogP contribution < -0.4 is 5.73 Å². The second-order valence-electron chi connectivity index (χ2n) is 2.96. The van der Waals surface area contributed by atoms with Crippen molar-refractivity contribution in [3.05, 3.63) is 41.2 Å². The summed E-state index contributed by atoms with van der Waals surface area (Å²) in [4.78, 5) is 0. The minimum absolute atomic E-state index is 0.239. The molecule has 0 heterocycles. The molecule has 1 aromatic rings. The van der Waals surface area contributed by atoms with Crippen molar-refractivity contribution in [1.82, 2.24) is 0 Å². The van der Waals surface area contributed by atoms with Gasteiger partial charge < -0.3 is 5.73 Å². The molecule has 1 nitrogen and oxygen atoms in total. The van der Waals surface area contributed by atoms with E-state index in [2.05, 4.69) is 12.6 Å². The molecule has 2 N–H and O–H groups in total. The summed E-state index contributed by atoms with van der Waals surface area (Å²) >= 11 is 4.10. The van der Waals surface area contributed by atoms with E-state index in [1.54, 1.807) is 6.07 Å². The Morgan fingerprint density at radius 2 is 2.21 bits per heavy atom. The molecule has 14 heavy (non-hydrogen) atoms. The van der Waals surface area contributed by atoms with E-state index >= 15 is 0 Å². The summed E-state index contributed by atoms with van der Waals surface area (Å²) in [6, 6.07) is 4.66. The average molecular weight is 211 g/mol. The van der Waals surface area contributed by atoms with E-state index in [9.17, 15) is 4.39 Å². The molecule has 1 rings (SSSR count). The fraction of sp³-hybridized carbons (Fsp3) is 0.273. The van der Waals surface area contributed by atoms with Crippen LogP contribution in [0.1, 0.15) is 17.5 Å². The van der Waals surface area contributed by atoms with Crippen LogP contribution in [-0.4, -0.2) is 5.75 Å². The second-order valence-corrected chi connectivity index (χ2v) is 3.41. The van der Waals surface area contributed by atoms with Gasteiger partial charge in [0.05, 0.1) is 0 Å². The number of rotatable bonds is 4. The molecule has 1 aromatic carbocycles. The molecular weight excluding hydrogens is 197 g/mol. The Morgan fingerprint density at radius 1 is 1.43 bits per heavy atom. The zero-order chi connectivity index (χ0) is 10.4. The van der Waals surface area contributed by atoms with E-state index in [4.69, 9.17) is 5.73 Å². The maximum atomic E-state index is 12.8. The van der Waals surface area contributed by atoms with Gasteiger partial charge in [0.1, 0.15) is 5.82 Å². The lowest BCUT2D eigenvalue weighted by Crippen LogP contribution is -1.99. The summed E-state index contributed by atoms with van der Waals surface area (Å²) in [7, 11) is 0. The first-order valence-electron chi connectivity index (χ1n) is 4.54. The lowest BCUT2D eigenvalue weighted by atomic mass is 10.1. The topological polar surface area (TPSA) is 26.0 Å². The highest BCUT2D eigenvalue weighted by Crippen LogP contribution is 2.12. The fourth-order valence-corrected chi connectivity index (χ4v) is 1.35. The van der Waals surface area contributed by atoms with E-state index < -0.39 is 0 Å². The summed E-state index contributed by atoms with van der Waals surface area (Å²) in [5.41, 5.74) is 7.32. The monoisotopic (exact) mass is 211 g/mol. The molecule has 0 amide bonds. The van der Waals surface area contributed by atoms with Gasteiger partial charge in [-0.25, -0.2) is 4.39 Å². The average Bonchev–Trinajstić information content (AvgIpc) is 2.20. The summed E-state index contributed by atoms with van der Waals surface area (Å²) in [5.74, 6) is 0.576. The van der Waals surface area contributed by atoms with Crippen LogP contribution in [0, 0.1) is 5.82 Å². The van der Waals surface area contributed by atoms with Crippen LogP contribution in [0.25, 0.3) is 6.08 Å². The fourth-order valence-electron chi connectivity index (χ4n) is 1.20. The van der Waals surface area contributed by atoms with Crippen molar-refractivity contribution >= 4 is 18.7 Å². The number of thiol groups is 1. The van der Waals surface area contributed by atoms with Crippen molar-refractivity contribution in [1.29, 1.82) is 0 Å². The van der Waals surface area contributed by atoms with Crippen LogP contribution in [0.15, 0.2) is 24.3 Å². The first-order chi connectivity index (χ1) is 6.77. The summed E-state index contributed by atoms with van der Waals surface area (Å²) in [6.07, 6.45) is 4.88. The molecule has 0 aliphatic heterocycles. The maximum absolute atomic E-state index is 12.8. The summed E-state index contributed by atoms with van der Waals surface area (Å²) in [6.45, 7) is 0.359. The first kappa shape index (κ1) is 11.3. The lowest BCUT2D eigenvalue weighted by Gasteiger charge is -2.02. The zero-order valence-corrected chi connectivity index (χ0v) is 8.81. The van der Waals surface area contributed by atoms with Gasteiger partial charge in [0.15, 0.2) is 0 Å². The van der Waals surface area contributed by atoms with Crippen molar-refractivity contribution in [2.75, 3.05) is 5.75 Å². The molecule has 0 saturated carbocycles. The Balaban J connectivity index is 2.85. The van der Waals surface area contributed by atoms with Crippen molar-refractivity contribution in [3.8, 4) is 0 Å². The normalized spacial score (nSPS) is 11.1. The first-order valence-corrected chi connectivity index (χ1v) is 5.17. The molecule has 0 unspecified atom stereocenters. The van der Waals surface area contributed by atoms with E-state index in [-0.39, 0.29) is 5.82 Å². The van der Waals surface area contributed by atoms with E-state index in [0.717, 1.165) is 23.3 Å². The van der Waals surface area contributed by atoms with Crippen LogP contribution in [0.2, 0.25) is 0 Å². The van der Waals surface area contributed by atoms with Crippen LogP contribution >= 0.6 is 12.6 Å². The molecule has 0 atom stereocenters. The number of halogens is 1. The molecular formula is C11H14FNS. The van der Waals surface area contributed by atoms with Crippen LogP contribution in [0.5, 0.6) is 0 Å².